The van der Waals surface area contributed by atoms with Gasteiger partial charge in [0.25, 0.3) is 0 Å². The van der Waals surface area contributed by atoms with E-state index in [9.17, 15) is 9.50 Å². The number of halogens is 1. The Kier molecular flexibility index (Phi) is 4.13. The largest absolute Gasteiger partial charge is 0.390 e. The van der Waals surface area contributed by atoms with Crippen molar-refractivity contribution in [2.24, 2.45) is 7.05 Å². The maximum absolute atomic E-state index is 13.6. The number of aromatic amines is 2. The van der Waals surface area contributed by atoms with E-state index in [1.165, 1.54) is 6.07 Å². The number of rotatable bonds is 4. The van der Waals surface area contributed by atoms with Crippen LogP contribution in [0.5, 0.6) is 0 Å². The minimum absolute atomic E-state index is 0.185. The van der Waals surface area contributed by atoms with Crippen LogP contribution >= 0.6 is 11.3 Å². The molecule has 0 atom stereocenters. The lowest BCUT2D eigenvalue weighted by Crippen LogP contribution is -1.91. The van der Waals surface area contributed by atoms with Crippen LogP contribution in [0.1, 0.15) is 5.69 Å². The van der Waals surface area contributed by atoms with Crippen LogP contribution in [0.4, 0.5) is 4.39 Å². The number of aliphatic hydroxyl groups excluding tert-OH is 1. The molecule has 6 heterocycles. The summed E-state index contributed by atoms with van der Waals surface area (Å²) in [6.07, 6.45) is 3.47. The van der Waals surface area contributed by atoms with Gasteiger partial charge in [-0.3, -0.25) is 9.78 Å². The molecule has 0 aliphatic rings. The highest BCUT2D eigenvalue weighted by molar-refractivity contribution is 7.14. The fourth-order valence-electron chi connectivity index (χ4n) is 3.77. The molecule has 11 heteroatoms. The standard InChI is InChI=1S/C21H15FN8OS/c1-30-8-11(14(9-31)29-30)12-2-3-13-18(24-12)19(28-27-13)21-25-17-10(6-7-23-20(17)26-21)15-4-5-16(22)32-15/h2-8,31H,9H2,1H3,(H,27,28)(H,23,25,26). The van der Waals surface area contributed by atoms with Gasteiger partial charge in [0.05, 0.1) is 29.0 Å². The molecule has 3 N–H and O–H groups in total. The van der Waals surface area contributed by atoms with Gasteiger partial charge in [-0.2, -0.15) is 14.6 Å². The van der Waals surface area contributed by atoms with E-state index in [2.05, 4.69) is 30.2 Å². The number of thiophene rings is 1. The van der Waals surface area contributed by atoms with Gasteiger partial charge in [-0.15, -0.1) is 11.3 Å². The van der Waals surface area contributed by atoms with Crippen molar-refractivity contribution in [3.63, 3.8) is 0 Å². The van der Waals surface area contributed by atoms with Crippen LogP contribution < -0.4 is 0 Å². The molecule has 0 radical (unpaired) electrons. The lowest BCUT2D eigenvalue weighted by atomic mass is 10.1. The number of imidazole rings is 1. The van der Waals surface area contributed by atoms with Crippen molar-refractivity contribution < 1.29 is 9.50 Å². The highest BCUT2D eigenvalue weighted by Crippen LogP contribution is 2.34. The third-order valence-electron chi connectivity index (χ3n) is 5.19. The Morgan fingerprint density at radius 3 is 2.84 bits per heavy atom. The zero-order chi connectivity index (χ0) is 21.8. The molecular formula is C21H15FN8OS. The summed E-state index contributed by atoms with van der Waals surface area (Å²) >= 11 is 1.07. The van der Waals surface area contributed by atoms with E-state index in [4.69, 9.17) is 4.98 Å². The van der Waals surface area contributed by atoms with Gasteiger partial charge >= 0.3 is 0 Å². The molecule has 0 spiro atoms. The number of hydrogen-bond donors (Lipinski definition) is 3. The second kappa shape index (κ2) is 7.04. The number of nitrogens with one attached hydrogen (secondary N) is 2. The van der Waals surface area contributed by atoms with Crippen LogP contribution in [0.15, 0.2) is 42.7 Å². The minimum atomic E-state index is -0.252. The molecule has 0 unspecified atom stereocenters. The first-order valence-corrected chi connectivity index (χ1v) is 10.5. The van der Waals surface area contributed by atoms with E-state index < -0.39 is 0 Å². The fraction of sp³-hybridized carbons (Fsp3) is 0.0952. The van der Waals surface area contributed by atoms with Gasteiger partial charge in [-0.1, -0.05) is 0 Å². The Balaban J connectivity index is 1.51. The summed E-state index contributed by atoms with van der Waals surface area (Å²) in [5, 5.41) is 21.1. The molecule has 32 heavy (non-hydrogen) atoms. The third-order valence-corrected chi connectivity index (χ3v) is 6.10. The smallest absolute Gasteiger partial charge is 0.178 e. The molecule has 0 aliphatic carbocycles. The number of aryl methyl sites for hydroxylation is 1. The van der Waals surface area contributed by atoms with Gasteiger partial charge in [0, 0.05) is 35.4 Å². The Hall–Kier alpha value is -3.96. The second-order valence-electron chi connectivity index (χ2n) is 7.23. The summed E-state index contributed by atoms with van der Waals surface area (Å²) in [5.74, 6) is 0.501. The Labute approximate surface area is 183 Å². The summed E-state index contributed by atoms with van der Waals surface area (Å²) < 4.78 is 15.2. The van der Waals surface area contributed by atoms with Gasteiger partial charge in [-0.05, 0) is 30.3 Å². The Morgan fingerprint density at radius 2 is 2.03 bits per heavy atom. The lowest BCUT2D eigenvalue weighted by Gasteiger charge is -2.00. The average Bonchev–Trinajstić information content (AvgIpc) is 3.57. The zero-order valence-corrected chi connectivity index (χ0v) is 17.5. The molecule has 6 rings (SSSR count). The number of H-pyrrole nitrogens is 2. The van der Waals surface area contributed by atoms with Gasteiger partial charge in [0.2, 0.25) is 0 Å². The predicted octanol–water partition coefficient (Wildman–Crippen LogP) is 3.66. The van der Waals surface area contributed by atoms with Crippen LogP contribution in [0, 0.1) is 5.13 Å². The Bertz CT molecular complexity index is 1610. The zero-order valence-electron chi connectivity index (χ0n) is 16.7. The molecule has 0 bridgehead atoms. The maximum Gasteiger partial charge on any atom is 0.178 e. The molecule has 0 saturated heterocycles. The first kappa shape index (κ1) is 18.8. The van der Waals surface area contributed by atoms with Crippen LogP contribution in [-0.2, 0) is 13.7 Å². The van der Waals surface area contributed by atoms with Gasteiger partial charge < -0.3 is 10.1 Å². The second-order valence-corrected chi connectivity index (χ2v) is 8.27. The highest BCUT2D eigenvalue weighted by Gasteiger charge is 2.19. The van der Waals surface area contributed by atoms with Gasteiger partial charge in [-0.25, -0.2) is 15.0 Å². The van der Waals surface area contributed by atoms with Crippen molar-refractivity contribution in [2.45, 2.75) is 6.61 Å². The molecule has 0 fully saturated rings. The fourth-order valence-corrected chi connectivity index (χ4v) is 4.53. The van der Waals surface area contributed by atoms with Crippen molar-refractivity contribution in [2.75, 3.05) is 0 Å². The minimum Gasteiger partial charge on any atom is -0.390 e. The first-order chi connectivity index (χ1) is 15.6. The topological polar surface area (TPSA) is 121 Å². The Morgan fingerprint density at radius 1 is 1.12 bits per heavy atom. The van der Waals surface area contributed by atoms with Crippen molar-refractivity contribution >= 4 is 33.5 Å². The van der Waals surface area contributed by atoms with E-state index in [1.54, 1.807) is 24.0 Å². The number of aromatic nitrogens is 8. The lowest BCUT2D eigenvalue weighted by molar-refractivity contribution is 0.276. The molecule has 6 aromatic rings. The molecule has 6 aromatic heterocycles. The summed E-state index contributed by atoms with van der Waals surface area (Å²) in [7, 11) is 1.79. The van der Waals surface area contributed by atoms with E-state index in [-0.39, 0.29) is 11.7 Å². The van der Waals surface area contributed by atoms with Crippen LogP contribution in [-0.4, -0.2) is 45.0 Å². The number of aliphatic hydroxyl groups is 1. The molecule has 0 saturated carbocycles. The quantitative estimate of drug-likeness (QED) is 0.380. The normalized spacial score (nSPS) is 11.7. The van der Waals surface area contributed by atoms with Crippen molar-refractivity contribution in [1.29, 1.82) is 0 Å². The maximum atomic E-state index is 13.6. The van der Waals surface area contributed by atoms with E-state index in [0.717, 1.165) is 32.9 Å². The van der Waals surface area contributed by atoms with E-state index in [1.807, 2.05) is 24.4 Å². The molecule has 0 aromatic carbocycles. The number of pyridine rings is 2. The first-order valence-electron chi connectivity index (χ1n) is 9.70. The van der Waals surface area contributed by atoms with Gasteiger partial charge in [0.1, 0.15) is 5.52 Å². The SMILES string of the molecule is Cn1cc(-c2ccc3[nH]nc(-c4nc5nccc(-c6ccc(F)s6)c5[nH]4)c3n2)c(CO)n1. The van der Waals surface area contributed by atoms with Crippen LogP contribution in [0.25, 0.3) is 55.4 Å². The van der Waals surface area contributed by atoms with E-state index in [0.29, 0.717) is 39.6 Å². The summed E-state index contributed by atoms with van der Waals surface area (Å²) in [5.41, 5.74) is 5.89. The van der Waals surface area contributed by atoms with Crippen LogP contribution in [0.2, 0.25) is 0 Å². The van der Waals surface area contributed by atoms with Crippen molar-refractivity contribution in [3.05, 3.63) is 53.6 Å². The molecule has 0 aliphatic heterocycles. The molecule has 0 amide bonds. The van der Waals surface area contributed by atoms with Crippen molar-refractivity contribution in [3.8, 4) is 33.2 Å². The number of fused-ring (bicyclic) bond motifs is 2. The third kappa shape index (κ3) is 2.90. The summed E-state index contributed by atoms with van der Waals surface area (Å²) in [4.78, 5) is 17.8. The molecular weight excluding hydrogens is 431 g/mol. The van der Waals surface area contributed by atoms with E-state index >= 15 is 0 Å². The number of nitrogens with zero attached hydrogens (tertiary/aromatic N) is 6. The monoisotopic (exact) mass is 446 g/mol. The van der Waals surface area contributed by atoms with Gasteiger partial charge in [0.15, 0.2) is 22.3 Å². The summed E-state index contributed by atoms with van der Waals surface area (Å²) in [6, 6.07) is 8.73. The average molecular weight is 446 g/mol. The molecule has 158 valence electrons. The molecule has 9 nitrogen and oxygen atoms in total. The predicted molar refractivity (Wildman–Crippen MR) is 118 cm³/mol. The number of hydrogen-bond acceptors (Lipinski definition) is 7. The summed E-state index contributed by atoms with van der Waals surface area (Å²) in [6.45, 7) is -0.185. The van der Waals surface area contributed by atoms with Crippen molar-refractivity contribution in [1.82, 2.24) is 39.9 Å². The van der Waals surface area contributed by atoms with Crippen LogP contribution in [0.3, 0.4) is 0 Å². The highest BCUT2D eigenvalue weighted by atomic mass is 32.1.